The van der Waals surface area contributed by atoms with Gasteiger partial charge < -0.3 is 10.0 Å². The lowest BCUT2D eigenvalue weighted by Gasteiger charge is -2.24. The summed E-state index contributed by atoms with van der Waals surface area (Å²) in [5.41, 5.74) is 0. The molecular formula is C13H20N2O2S. The maximum absolute atomic E-state index is 12.2. The maximum atomic E-state index is 12.2. The molecule has 0 aliphatic heterocycles. The quantitative estimate of drug-likeness (QED) is 0.859. The lowest BCUT2D eigenvalue weighted by atomic mass is 10.1. The fourth-order valence-electron chi connectivity index (χ4n) is 1.99. The Hall–Kier alpha value is -0.940. The van der Waals surface area contributed by atoms with Gasteiger partial charge in [-0.15, -0.1) is 11.3 Å². The molecule has 5 heteroatoms. The Balaban J connectivity index is 1.98. The summed E-state index contributed by atoms with van der Waals surface area (Å²) in [5, 5.41) is 12.8. The minimum Gasteiger partial charge on any atom is -0.383 e. The highest BCUT2D eigenvalue weighted by atomic mass is 32.1. The highest BCUT2D eigenvalue weighted by molar-refractivity contribution is 7.09. The first-order valence-corrected chi connectivity index (χ1v) is 7.32. The van der Waals surface area contributed by atoms with E-state index >= 15 is 0 Å². The van der Waals surface area contributed by atoms with Crippen molar-refractivity contribution in [3.05, 3.63) is 16.6 Å². The van der Waals surface area contributed by atoms with Crippen molar-refractivity contribution < 1.29 is 9.90 Å². The van der Waals surface area contributed by atoms with E-state index in [1.165, 1.54) is 0 Å². The first kappa shape index (κ1) is 13.5. The van der Waals surface area contributed by atoms with Crippen molar-refractivity contribution in [2.45, 2.75) is 51.8 Å². The van der Waals surface area contributed by atoms with Crippen molar-refractivity contribution in [1.29, 1.82) is 0 Å². The molecule has 0 unspecified atom stereocenters. The first-order chi connectivity index (χ1) is 8.58. The predicted molar refractivity (Wildman–Crippen MR) is 71.1 cm³/mol. The minimum absolute atomic E-state index is 0.138. The largest absolute Gasteiger partial charge is 0.383 e. The smallest absolute Gasteiger partial charge is 0.252 e. The predicted octanol–water partition coefficient (Wildman–Crippen LogP) is 2.04. The van der Waals surface area contributed by atoms with Crippen LogP contribution in [0.2, 0.25) is 0 Å². The summed E-state index contributed by atoms with van der Waals surface area (Å²) in [6, 6.07) is 0.309. The van der Waals surface area contributed by atoms with Crippen molar-refractivity contribution in [3.63, 3.8) is 0 Å². The number of hydrogen-bond donors (Lipinski definition) is 1. The fourth-order valence-corrected chi connectivity index (χ4v) is 2.60. The SMILES string of the molecule is CC(C)C[C@H](O)C(=O)N(Cc1nccs1)C1CC1. The molecule has 2 rings (SSSR count). The summed E-state index contributed by atoms with van der Waals surface area (Å²) in [4.78, 5) is 18.2. The third-order valence-electron chi connectivity index (χ3n) is 3.04. The molecule has 1 aromatic rings. The van der Waals surface area contributed by atoms with Crippen molar-refractivity contribution in [1.82, 2.24) is 9.88 Å². The van der Waals surface area contributed by atoms with Crippen LogP contribution in [0.3, 0.4) is 0 Å². The number of nitrogens with zero attached hydrogens (tertiary/aromatic N) is 2. The Labute approximate surface area is 112 Å². The van der Waals surface area contributed by atoms with Crippen LogP contribution in [0.1, 0.15) is 38.1 Å². The molecule has 1 heterocycles. The molecule has 1 N–H and O–H groups in total. The van der Waals surface area contributed by atoms with Crippen molar-refractivity contribution in [3.8, 4) is 0 Å². The van der Waals surface area contributed by atoms with Crippen LogP contribution in [0.4, 0.5) is 0 Å². The normalized spacial score (nSPS) is 16.9. The number of rotatable bonds is 6. The van der Waals surface area contributed by atoms with Gasteiger partial charge in [0.15, 0.2) is 0 Å². The molecule has 100 valence electrons. The molecule has 1 fully saturated rings. The van der Waals surface area contributed by atoms with E-state index in [1.807, 2.05) is 19.2 Å². The van der Waals surface area contributed by atoms with Crippen LogP contribution >= 0.6 is 11.3 Å². The second kappa shape index (κ2) is 5.80. The number of aromatic nitrogens is 1. The van der Waals surface area contributed by atoms with Crippen LogP contribution in [0.5, 0.6) is 0 Å². The van der Waals surface area contributed by atoms with Crippen LogP contribution in [0.15, 0.2) is 11.6 Å². The van der Waals surface area contributed by atoms with Gasteiger partial charge in [-0.25, -0.2) is 4.98 Å². The van der Waals surface area contributed by atoms with Crippen LogP contribution in [0, 0.1) is 5.92 Å². The number of aliphatic hydroxyl groups is 1. The molecule has 0 bridgehead atoms. The van der Waals surface area contributed by atoms with E-state index < -0.39 is 6.10 Å². The zero-order chi connectivity index (χ0) is 13.1. The average molecular weight is 268 g/mol. The fraction of sp³-hybridized carbons (Fsp3) is 0.692. The first-order valence-electron chi connectivity index (χ1n) is 6.45. The topological polar surface area (TPSA) is 53.4 Å². The van der Waals surface area contributed by atoms with Crippen LogP contribution in [0.25, 0.3) is 0 Å². The van der Waals surface area contributed by atoms with Gasteiger partial charge in [-0.2, -0.15) is 0 Å². The lowest BCUT2D eigenvalue weighted by Crippen LogP contribution is -2.40. The third kappa shape index (κ3) is 3.53. The molecule has 1 aliphatic rings. The van der Waals surface area contributed by atoms with Crippen molar-refractivity contribution >= 4 is 17.2 Å². The van der Waals surface area contributed by atoms with Gasteiger partial charge in [-0.05, 0) is 25.2 Å². The van der Waals surface area contributed by atoms with E-state index in [2.05, 4.69) is 4.98 Å². The highest BCUT2D eigenvalue weighted by Gasteiger charge is 2.35. The van der Waals surface area contributed by atoms with E-state index in [9.17, 15) is 9.90 Å². The van der Waals surface area contributed by atoms with Crippen LogP contribution < -0.4 is 0 Å². The van der Waals surface area contributed by atoms with E-state index in [-0.39, 0.29) is 5.91 Å². The molecule has 1 amide bonds. The number of amides is 1. The summed E-state index contributed by atoms with van der Waals surface area (Å²) < 4.78 is 0. The second-order valence-corrected chi connectivity index (χ2v) is 6.25. The second-order valence-electron chi connectivity index (χ2n) is 5.27. The van der Waals surface area contributed by atoms with E-state index in [0.29, 0.717) is 24.9 Å². The summed E-state index contributed by atoms with van der Waals surface area (Å²) in [6.45, 7) is 4.56. The molecule has 1 saturated carbocycles. The summed E-state index contributed by atoms with van der Waals surface area (Å²) in [6.07, 6.45) is 3.50. The summed E-state index contributed by atoms with van der Waals surface area (Å²) >= 11 is 1.55. The van der Waals surface area contributed by atoms with Crippen molar-refractivity contribution in [2.75, 3.05) is 0 Å². The highest BCUT2D eigenvalue weighted by Crippen LogP contribution is 2.29. The number of aliphatic hydroxyl groups excluding tert-OH is 1. The van der Waals surface area contributed by atoms with Gasteiger partial charge >= 0.3 is 0 Å². The Morgan fingerprint density at radius 3 is 2.83 bits per heavy atom. The van der Waals surface area contributed by atoms with Gasteiger partial charge in [0.2, 0.25) is 0 Å². The minimum atomic E-state index is -0.870. The number of hydrogen-bond acceptors (Lipinski definition) is 4. The van der Waals surface area contributed by atoms with E-state index in [1.54, 1.807) is 22.4 Å². The zero-order valence-corrected chi connectivity index (χ0v) is 11.7. The third-order valence-corrected chi connectivity index (χ3v) is 3.80. The molecule has 0 spiro atoms. The number of carbonyl (C=O) groups excluding carboxylic acids is 1. The molecule has 0 saturated heterocycles. The van der Waals surface area contributed by atoms with E-state index in [0.717, 1.165) is 17.8 Å². The zero-order valence-electron chi connectivity index (χ0n) is 10.9. The van der Waals surface area contributed by atoms with Gasteiger partial charge in [-0.3, -0.25) is 4.79 Å². The number of carbonyl (C=O) groups is 1. The van der Waals surface area contributed by atoms with Gasteiger partial charge in [0.1, 0.15) is 11.1 Å². The maximum Gasteiger partial charge on any atom is 0.252 e. The molecule has 1 aromatic heterocycles. The summed E-state index contributed by atoms with van der Waals surface area (Å²) in [5.74, 6) is 0.186. The van der Waals surface area contributed by atoms with Crippen LogP contribution in [-0.2, 0) is 11.3 Å². The monoisotopic (exact) mass is 268 g/mol. The van der Waals surface area contributed by atoms with E-state index in [4.69, 9.17) is 0 Å². The molecule has 18 heavy (non-hydrogen) atoms. The van der Waals surface area contributed by atoms with Gasteiger partial charge in [0, 0.05) is 17.6 Å². The molecular weight excluding hydrogens is 248 g/mol. The van der Waals surface area contributed by atoms with Crippen molar-refractivity contribution in [2.24, 2.45) is 5.92 Å². The Morgan fingerprint density at radius 2 is 2.33 bits per heavy atom. The molecule has 0 aromatic carbocycles. The Morgan fingerprint density at radius 1 is 1.61 bits per heavy atom. The van der Waals surface area contributed by atoms with Gasteiger partial charge in [-0.1, -0.05) is 13.8 Å². The summed E-state index contributed by atoms with van der Waals surface area (Å²) in [7, 11) is 0. The number of thiazole rings is 1. The van der Waals surface area contributed by atoms with Gasteiger partial charge in [0.25, 0.3) is 5.91 Å². The molecule has 1 aliphatic carbocycles. The molecule has 0 radical (unpaired) electrons. The Bertz CT molecular complexity index is 388. The Kier molecular flexibility index (Phi) is 4.35. The molecule has 1 atom stereocenters. The van der Waals surface area contributed by atoms with Gasteiger partial charge in [0.05, 0.1) is 6.54 Å². The molecule has 4 nitrogen and oxygen atoms in total. The average Bonchev–Trinajstić information content (AvgIpc) is 3.02. The lowest BCUT2D eigenvalue weighted by molar-refractivity contribution is -0.142. The standard InChI is InChI=1S/C13H20N2O2S/c1-9(2)7-11(16)13(17)15(10-3-4-10)8-12-14-5-6-18-12/h5-6,9-11,16H,3-4,7-8H2,1-2H3/t11-/m0/s1. The van der Waals surface area contributed by atoms with Crippen LogP contribution in [-0.4, -0.2) is 33.0 Å².